The summed E-state index contributed by atoms with van der Waals surface area (Å²) < 4.78 is 0. The predicted octanol–water partition coefficient (Wildman–Crippen LogP) is 3.36. The summed E-state index contributed by atoms with van der Waals surface area (Å²) in [5.41, 5.74) is 10.9. The molecule has 0 aliphatic carbocycles. The molecule has 0 bridgehead atoms. The van der Waals surface area contributed by atoms with Gasteiger partial charge >= 0.3 is 0 Å². The van der Waals surface area contributed by atoms with Crippen molar-refractivity contribution in [2.45, 2.75) is 18.9 Å². The molecule has 9 nitrogen and oxygen atoms in total. The Morgan fingerprint density at radius 1 is 1.05 bits per heavy atom. The number of nitrogens with one attached hydrogen (secondary N) is 4. The molecule has 2 aromatic heterocycles. The van der Waals surface area contributed by atoms with E-state index < -0.39 is 6.04 Å². The first kappa shape index (κ1) is 25.8. The quantitative estimate of drug-likeness (QED) is 0.156. The zero-order valence-electron chi connectivity index (χ0n) is 21.2. The number of phenolic OH excluding ortho intramolecular Hbond substituents is 1. The molecule has 5 rings (SSSR count). The van der Waals surface area contributed by atoms with Gasteiger partial charge in [0.05, 0.1) is 6.04 Å². The van der Waals surface area contributed by atoms with Crippen LogP contribution in [0.4, 0.5) is 23.1 Å². The first-order valence-electron chi connectivity index (χ1n) is 12.6. The minimum Gasteiger partial charge on any atom is -0.508 e. The highest BCUT2D eigenvalue weighted by atomic mass is 16.3. The maximum Gasteiger partial charge on any atom is 0.241 e. The number of nitrogens with two attached hydrogens (primary N) is 1. The molecule has 0 aliphatic rings. The molecule has 0 spiro atoms. The van der Waals surface area contributed by atoms with E-state index in [1.54, 1.807) is 24.3 Å². The molecule has 0 fully saturated rings. The van der Waals surface area contributed by atoms with E-state index in [0.717, 1.165) is 22.0 Å². The average molecular weight is 517 g/mol. The first-order valence-corrected chi connectivity index (χ1v) is 12.6. The number of hydrogen-bond acceptors (Lipinski definition) is 7. The SMILES string of the molecule is [B]c1cnc(Nc2cccc(NC(=O)C(N)Cc3ccccc3)c2)nc1NCCc1c[nH]c2ccc(O)cc12. The van der Waals surface area contributed by atoms with Crippen LogP contribution in [0.5, 0.6) is 5.75 Å². The molecule has 0 saturated carbocycles. The molecule has 194 valence electrons. The zero-order valence-corrected chi connectivity index (χ0v) is 21.2. The highest BCUT2D eigenvalue weighted by molar-refractivity contribution is 6.35. The van der Waals surface area contributed by atoms with Crippen LogP contribution in [0.15, 0.2) is 85.2 Å². The van der Waals surface area contributed by atoms with Gasteiger partial charge in [-0.3, -0.25) is 4.79 Å². The van der Waals surface area contributed by atoms with Crippen molar-refractivity contribution in [3.8, 4) is 5.75 Å². The maximum atomic E-state index is 12.6. The minimum absolute atomic E-state index is 0.228. The second-order valence-corrected chi connectivity index (χ2v) is 9.21. The number of benzene rings is 3. The van der Waals surface area contributed by atoms with Gasteiger partial charge in [0.25, 0.3) is 0 Å². The number of phenols is 1. The summed E-state index contributed by atoms with van der Waals surface area (Å²) in [6, 6.07) is 21.5. The average Bonchev–Trinajstić information content (AvgIpc) is 3.33. The second kappa shape index (κ2) is 11.7. The number of amides is 1. The number of H-pyrrole nitrogens is 1. The lowest BCUT2D eigenvalue weighted by atomic mass is 9.99. The van der Waals surface area contributed by atoms with Crippen molar-refractivity contribution in [2.75, 3.05) is 22.5 Å². The van der Waals surface area contributed by atoms with Crippen LogP contribution in [0.2, 0.25) is 0 Å². The van der Waals surface area contributed by atoms with Crippen molar-refractivity contribution in [1.29, 1.82) is 0 Å². The normalized spacial score (nSPS) is 11.7. The molecule has 7 N–H and O–H groups in total. The van der Waals surface area contributed by atoms with Crippen molar-refractivity contribution >= 4 is 53.3 Å². The van der Waals surface area contributed by atoms with Gasteiger partial charge in [0.15, 0.2) is 0 Å². The first-order chi connectivity index (χ1) is 18.9. The molecule has 1 atom stereocenters. The Kier molecular flexibility index (Phi) is 7.74. The molecule has 2 heterocycles. The van der Waals surface area contributed by atoms with Crippen LogP contribution in [0.1, 0.15) is 11.1 Å². The Labute approximate surface area is 227 Å². The van der Waals surface area contributed by atoms with E-state index in [-0.39, 0.29) is 11.7 Å². The topological polar surface area (TPSA) is 141 Å². The van der Waals surface area contributed by atoms with E-state index in [1.807, 2.05) is 54.7 Å². The number of aromatic hydroxyl groups is 1. The lowest BCUT2D eigenvalue weighted by Gasteiger charge is -2.14. The summed E-state index contributed by atoms with van der Waals surface area (Å²) in [6.07, 6.45) is 4.62. The summed E-state index contributed by atoms with van der Waals surface area (Å²) in [4.78, 5) is 24.6. The minimum atomic E-state index is -0.673. The van der Waals surface area contributed by atoms with Gasteiger partial charge in [-0.1, -0.05) is 36.4 Å². The van der Waals surface area contributed by atoms with Gasteiger partial charge in [0.1, 0.15) is 19.4 Å². The van der Waals surface area contributed by atoms with E-state index in [2.05, 4.69) is 30.9 Å². The Bertz CT molecular complexity index is 1590. The summed E-state index contributed by atoms with van der Waals surface area (Å²) in [7, 11) is 6.10. The predicted molar refractivity (Wildman–Crippen MR) is 156 cm³/mol. The van der Waals surface area contributed by atoms with Crippen molar-refractivity contribution in [3.05, 3.63) is 96.3 Å². The van der Waals surface area contributed by atoms with E-state index in [9.17, 15) is 9.90 Å². The van der Waals surface area contributed by atoms with Crippen molar-refractivity contribution in [3.63, 3.8) is 0 Å². The van der Waals surface area contributed by atoms with Crippen molar-refractivity contribution in [1.82, 2.24) is 15.0 Å². The van der Waals surface area contributed by atoms with E-state index in [0.29, 0.717) is 48.0 Å². The van der Waals surface area contributed by atoms with Gasteiger partial charge in [0, 0.05) is 41.2 Å². The van der Waals surface area contributed by atoms with Crippen LogP contribution in [0.25, 0.3) is 10.9 Å². The summed E-state index contributed by atoms with van der Waals surface area (Å²) in [5, 5.41) is 20.1. The monoisotopic (exact) mass is 517 g/mol. The standard InChI is InChI=1S/C29H28BN7O2/c30-24-17-34-29(37-27(24)32-12-11-19-16-33-26-10-9-22(38)15-23(19)26)36-21-8-4-7-20(14-21)35-28(39)25(31)13-18-5-2-1-3-6-18/h1-10,14-17,25,33,38H,11-13,31H2,(H,35,39)(H2,32,34,36,37). The number of carbonyl (C=O) groups excluding carboxylic acids is 1. The summed E-state index contributed by atoms with van der Waals surface area (Å²) in [6.45, 7) is 0.577. The molecule has 3 aromatic carbocycles. The molecular formula is C29H28BN7O2. The van der Waals surface area contributed by atoms with Gasteiger partial charge in [-0.15, -0.1) is 0 Å². The number of aromatic amines is 1. The van der Waals surface area contributed by atoms with Crippen molar-refractivity contribution < 1.29 is 9.90 Å². The molecule has 1 unspecified atom stereocenters. The molecular weight excluding hydrogens is 489 g/mol. The van der Waals surface area contributed by atoms with Gasteiger partial charge in [0.2, 0.25) is 11.9 Å². The lowest BCUT2D eigenvalue weighted by Crippen LogP contribution is -2.37. The highest BCUT2D eigenvalue weighted by Crippen LogP contribution is 2.23. The van der Waals surface area contributed by atoms with Crippen LogP contribution in [0, 0.1) is 0 Å². The molecule has 0 saturated heterocycles. The Hall–Kier alpha value is -4.83. The van der Waals surface area contributed by atoms with Gasteiger partial charge in [-0.05, 0) is 65.8 Å². The fraction of sp³-hybridized carbons (Fsp3) is 0.138. The van der Waals surface area contributed by atoms with Crippen LogP contribution in [0.3, 0.4) is 0 Å². The third-order valence-corrected chi connectivity index (χ3v) is 6.28. The summed E-state index contributed by atoms with van der Waals surface area (Å²) >= 11 is 0. The third-order valence-electron chi connectivity index (χ3n) is 6.28. The molecule has 1 amide bonds. The number of fused-ring (bicyclic) bond motifs is 1. The van der Waals surface area contributed by atoms with Crippen LogP contribution >= 0.6 is 0 Å². The number of aromatic nitrogens is 3. The Balaban J connectivity index is 1.19. The molecule has 2 radical (unpaired) electrons. The number of hydrogen-bond donors (Lipinski definition) is 6. The van der Waals surface area contributed by atoms with E-state index in [1.165, 1.54) is 6.20 Å². The fourth-order valence-corrected chi connectivity index (χ4v) is 4.28. The number of anilines is 4. The Morgan fingerprint density at radius 2 is 1.87 bits per heavy atom. The van der Waals surface area contributed by atoms with Gasteiger partial charge < -0.3 is 31.8 Å². The van der Waals surface area contributed by atoms with Gasteiger partial charge in [-0.2, -0.15) is 4.98 Å². The fourth-order valence-electron chi connectivity index (χ4n) is 4.28. The largest absolute Gasteiger partial charge is 0.508 e. The second-order valence-electron chi connectivity index (χ2n) is 9.21. The number of rotatable bonds is 10. The Morgan fingerprint density at radius 3 is 2.72 bits per heavy atom. The smallest absolute Gasteiger partial charge is 0.241 e. The molecule has 39 heavy (non-hydrogen) atoms. The molecule has 5 aromatic rings. The lowest BCUT2D eigenvalue weighted by molar-refractivity contribution is -0.117. The van der Waals surface area contributed by atoms with Gasteiger partial charge in [-0.25, -0.2) is 4.98 Å². The van der Waals surface area contributed by atoms with Crippen LogP contribution < -0.4 is 27.1 Å². The van der Waals surface area contributed by atoms with Crippen LogP contribution in [-0.2, 0) is 17.6 Å². The zero-order chi connectivity index (χ0) is 27.2. The highest BCUT2D eigenvalue weighted by Gasteiger charge is 2.14. The maximum absolute atomic E-state index is 12.6. The molecule has 0 aliphatic heterocycles. The number of nitrogens with zero attached hydrogens (tertiary/aromatic N) is 2. The molecule has 10 heteroatoms. The number of carbonyl (C=O) groups is 1. The van der Waals surface area contributed by atoms with E-state index >= 15 is 0 Å². The van der Waals surface area contributed by atoms with Crippen LogP contribution in [-0.4, -0.2) is 46.4 Å². The van der Waals surface area contributed by atoms with E-state index in [4.69, 9.17) is 13.6 Å². The van der Waals surface area contributed by atoms with Crippen molar-refractivity contribution in [2.24, 2.45) is 5.73 Å². The third kappa shape index (κ3) is 6.55. The summed E-state index contributed by atoms with van der Waals surface area (Å²) in [5.74, 6) is 0.821.